The Morgan fingerprint density at radius 3 is 2.12 bits per heavy atom. The van der Waals surface area contributed by atoms with Crippen molar-refractivity contribution in [3.8, 4) is 0 Å². The fourth-order valence-electron chi connectivity index (χ4n) is 2.00. The van der Waals surface area contributed by atoms with Gasteiger partial charge in [-0.2, -0.15) is 0 Å². The van der Waals surface area contributed by atoms with Crippen LogP contribution in [-0.4, -0.2) is 24.3 Å². The van der Waals surface area contributed by atoms with Gasteiger partial charge in [0.05, 0.1) is 0 Å². The van der Waals surface area contributed by atoms with Crippen molar-refractivity contribution in [3.05, 3.63) is 0 Å². The third-order valence-corrected chi connectivity index (χ3v) is 2.82. The molecule has 0 unspecified atom stereocenters. The van der Waals surface area contributed by atoms with Crippen LogP contribution in [-0.2, 0) is 9.59 Å². The van der Waals surface area contributed by atoms with Gasteiger partial charge in [0.25, 0.3) is 0 Å². The quantitative estimate of drug-likeness (QED) is 0.547. The van der Waals surface area contributed by atoms with Crippen LogP contribution in [0.2, 0.25) is 0 Å². The Morgan fingerprint density at radius 2 is 1.71 bits per heavy atom. The first-order valence-electron chi connectivity index (χ1n) is 6.16. The molecule has 0 bridgehead atoms. The molecule has 0 aliphatic heterocycles. The maximum atomic E-state index is 11.9. The molecule has 96 valence electrons. The lowest BCUT2D eigenvalue weighted by Crippen LogP contribution is -2.38. The lowest BCUT2D eigenvalue weighted by Gasteiger charge is -2.30. The van der Waals surface area contributed by atoms with E-state index in [0.717, 1.165) is 0 Å². The second kappa shape index (κ2) is 4.71. The normalized spacial score (nSPS) is 22.4. The van der Waals surface area contributed by atoms with Crippen molar-refractivity contribution >= 4 is 17.8 Å². The highest BCUT2D eigenvalue weighted by Crippen LogP contribution is 2.33. The van der Waals surface area contributed by atoms with E-state index in [1.807, 2.05) is 13.8 Å². The first-order chi connectivity index (χ1) is 7.61. The number of aliphatic imine (C=N–C) groups is 1. The molecule has 0 aromatic rings. The van der Waals surface area contributed by atoms with E-state index >= 15 is 0 Å². The summed E-state index contributed by atoms with van der Waals surface area (Å²) in [7, 11) is 0. The van der Waals surface area contributed by atoms with Crippen molar-refractivity contribution in [1.82, 2.24) is 0 Å². The molecule has 0 aromatic heterocycles. The minimum atomic E-state index is -0.592. The molecule has 17 heavy (non-hydrogen) atoms. The van der Waals surface area contributed by atoms with Crippen LogP contribution < -0.4 is 0 Å². The number of ketones is 2. The van der Waals surface area contributed by atoms with Crippen molar-refractivity contribution in [2.24, 2.45) is 21.7 Å². The SMILES string of the molecule is CC(C)(C)CN=CC1C(=O)CC(C)(C)CC1=O. The summed E-state index contributed by atoms with van der Waals surface area (Å²) in [6, 6.07) is 0. The molecule has 1 rings (SSSR count). The van der Waals surface area contributed by atoms with Gasteiger partial charge in [-0.05, 0) is 10.8 Å². The second-order valence-electron chi connectivity index (χ2n) is 6.98. The Balaban J connectivity index is 2.67. The van der Waals surface area contributed by atoms with E-state index in [1.165, 1.54) is 0 Å². The van der Waals surface area contributed by atoms with Crippen molar-refractivity contribution in [3.63, 3.8) is 0 Å². The Kier molecular flexibility index (Phi) is 3.90. The zero-order valence-electron chi connectivity index (χ0n) is 11.5. The van der Waals surface area contributed by atoms with Gasteiger partial charge in [-0.1, -0.05) is 34.6 Å². The van der Waals surface area contributed by atoms with E-state index in [4.69, 9.17) is 0 Å². The monoisotopic (exact) mass is 237 g/mol. The molecule has 0 saturated heterocycles. The number of carbonyl (C=O) groups excluding carboxylic acids is 2. The predicted molar refractivity (Wildman–Crippen MR) is 69.3 cm³/mol. The van der Waals surface area contributed by atoms with Gasteiger partial charge in [-0.15, -0.1) is 0 Å². The zero-order chi connectivity index (χ0) is 13.3. The van der Waals surface area contributed by atoms with Gasteiger partial charge in [-0.25, -0.2) is 0 Å². The van der Waals surface area contributed by atoms with Crippen LogP contribution in [0.5, 0.6) is 0 Å². The van der Waals surface area contributed by atoms with Gasteiger partial charge < -0.3 is 0 Å². The topological polar surface area (TPSA) is 46.5 Å². The van der Waals surface area contributed by atoms with Gasteiger partial charge in [0.2, 0.25) is 0 Å². The number of carbonyl (C=O) groups is 2. The maximum absolute atomic E-state index is 11.9. The van der Waals surface area contributed by atoms with Gasteiger partial charge in [0.15, 0.2) is 0 Å². The molecule has 3 nitrogen and oxygen atoms in total. The van der Waals surface area contributed by atoms with Crippen LogP contribution in [0.1, 0.15) is 47.5 Å². The van der Waals surface area contributed by atoms with E-state index in [2.05, 4.69) is 25.8 Å². The molecule has 0 aromatic carbocycles. The number of hydrogen-bond donors (Lipinski definition) is 0. The van der Waals surface area contributed by atoms with E-state index in [0.29, 0.717) is 19.4 Å². The summed E-state index contributed by atoms with van der Waals surface area (Å²) in [6.07, 6.45) is 2.51. The minimum Gasteiger partial charge on any atom is -0.298 e. The van der Waals surface area contributed by atoms with Crippen LogP contribution in [0.3, 0.4) is 0 Å². The summed E-state index contributed by atoms with van der Waals surface area (Å²) in [5, 5.41) is 0. The average Bonchev–Trinajstić information content (AvgIpc) is 2.06. The lowest BCUT2D eigenvalue weighted by molar-refractivity contribution is -0.136. The fraction of sp³-hybridized carbons (Fsp3) is 0.786. The first-order valence-corrected chi connectivity index (χ1v) is 6.16. The summed E-state index contributed by atoms with van der Waals surface area (Å²) in [6.45, 7) is 10.8. The third kappa shape index (κ3) is 4.41. The summed E-state index contributed by atoms with van der Waals surface area (Å²) >= 11 is 0. The molecule has 1 saturated carbocycles. The highest BCUT2D eigenvalue weighted by molar-refractivity contribution is 6.16. The molecule has 1 aliphatic carbocycles. The Labute approximate surface area is 104 Å². The van der Waals surface area contributed by atoms with E-state index in [1.54, 1.807) is 6.21 Å². The Hall–Kier alpha value is -0.990. The Morgan fingerprint density at radius 1 is 1.24 bits per heavy atom. The largest absolute Gasteiger partial charge is 0.298 e. The van der Waals surface area contributed by atoms with Gasteiger partial charge in [0.1, 0.15) is 17.5 Å². The lowest BCUT2D eigenvalue weighted by atomic mass is 9.72. The minimum absolute atomic E-state index is 0.0175. The van der Waals surface area contributed by atoms with Crippen LogP contribution in [0.15, 0.2) is 4.99 Å². The molecule has 0 heterocycles. The summed E-state index contributed by atoms with van der Waals surface area (Å²) in [5.41, 5.74) is -0.0843. The standard InChI is InChI=1S/C14H23NO2/c1-13(2,3)9-15-8-10-11(16)6-14(4,5)7-12(10)17/h8,10H,6-7,9H2,1-5H3. The molecule has 1 fully saturated rings. The Bertz CT molecular complexity index is 328. The molecular weight excluding hydrogens is 214 g/mol. The molecule has 3 heteroatoms. The van der Waals surface area contributed by atoms with E-state index < -0.39 is 5.92 Å². The van der Waals surface area contributed by atoms with Crippen molar-refractivity contribution < 1.29 is 9.59 Å². The summed E-state index contributed by atoms with van der Waals surface area (Å²) in [4.78, 5) is 28.0. The van der Waals surface area contributed by atoms with Crippen LogP contribution >= 0.6 is 0 Å². The number of hydrogen-bond acceptors (Lipinski definition) is 3. The smallest absolute Gasteiger partial charge is 0.149 e. The molecule has 1 aliphatic rings. The third-order valence-electron chi connectivity index (χ3n) is 2.82. The van der Waals surface area contributed by atoms with E-state index in [9.17, 15) is 9.59 Å². The van der Waals surface area contributed by atoms with Gasteiger partial charge >= 0.3 is 0 Å². The summed E-state index contributed by atoms with van der Waals surface area (Å²) < 4.78 is 0. The molecular formula is C14H23NO2. The highest BCUT2D eigenvalue weighted by atomic mass is 16.2. The maximum Gasteiger partial charge on any atom is 0.149 e. The molecule has 0 N–H and O–H groups in total. The van der Waals surface area contributed by atoms with E-state index in [-0.39, 0.29) is 22.4 Å². The fourth-order valence-corrected chi connectivity index (χ4v) is 2.00. The predicted octanol–water partition coefficient (Wildman–Crippen LogP) is 2.68. The molecule has 0 radical (unpaired) electrons. The molecule has 0 spiro atoms. The number of Topliss-reactive ketones (excluding diaryl/α,β-unsaturated/α-hetero) is 2. The van der Waals surface area contributed by atoms with Crippen LogP contribution in [0.4, 0.5) is 0 Å². The van der Waals surface area contributed by atoms with Crippen LogP contribution in [0, 0.1) is 16.7 Å². The molecule has 0 amide bonds. The number of nitrogens with zero attached hydrogens (tertiary/aromatic N) is 1. The summed E-state index contributed by atoms with van der Waals surface area (Å²) in [5.74, 6) is -0.557. The molecule has 0 atom stereocenters. The van der Waals surface area contributed by atoms with Gasteiger partial charge in [0, 0.05) is 25.6 Å². The van der Waals surface area contributed by atoms with Gasteiger partial charge in [-0.3, -0.25) is 14.6 Å². The zero-order valence-corrected chi connectivity index (χ0v) is 11.5. The first kappa shape index (κ1) is 14.1. The van der Waals surface area contributed by atoms with Crippen molar-refractivity contribution in [1.29, 1.82) is 0 Å². The van der Waals surface area contributed by atoms with Crippen molar-refractivity contribution in [2.45, 2.75) is 47.5 Å². The highest BCUT2D eigenvalue weighted by Gasteiger charge is 2.38. The average molecular weight is 237 g/mol. The number of rotatable bonds is 2. The second-order valence-corrected chi connectivity index (χ2v) is 6.98. The van der Waals surface area contributed by atoms with Crippen LogP contribution in [0.25, 0.3) is 0 Å². The van der Waals surface area contributed by atoms with Crippen molar-refractivity contribution in [2.75, 3.05) is 6.54 Å².